The number of hydrazone groups is 1. The summed E-state index contributed by atoms with van der Waals surface area (Å²) in [7, 11) is 1.92. The number of nitrogens with one attached hydrogen (secondary N) is 1. The first-order chi connectivity index (χ1) is 15.1. The van der Waals surface area contributed by atoms with Gasteiger partial charge in [-0.05, 0) is 24.3 Å². The molecule has 0 saturated carbocycles. The molecule has 10 nitrogen and oxygen atoms in total. The quantitative estimate of drug-likeness (QED) is 0.261. The fourth-order valence-electron chi connectivity index (χ4n) is 3.42. The molecule has 0 aliphatic heterocycles. The predicted molar refractivity (Wildman–Crippen MR) is 116 cm³/mol. The molecule has 0 saturated heterocycles. The van der Waals surface area contributed by atoms with E-state index in [1.54, 1.807) is 30.3 Å². The lowest BCUT2D eigenvalue weighted by Gasteiger charge is -1.99. The second-order valence-corrected chi connectivity index (χ2v) is 6.73. The summed E-state index contributed by atoms with van der Waals surface area (Å²) < 4.78 is 7.62. The van der Waals surface area contributed by atoms with E-state index in [4.69, 9.17) is 4.42 Å². The summed E-state index contributed by atoms with van der Waals surface area (Å²) in [5.74, 6) is 1.03. The molecule has 0 aliphatic rings. The molecule has 0 radical (unpaired) electrons. The molecule has 0 bridgehead atoms. The molecular formula is C21H15N7O3. The zero-order valence-corrected chi connectivity index (χ0v) is 16.3. The molecule has 2 aromatic carbocycles. The fourth-order valence-corrected chi connectivity index (χ4v) is 3.42. The van der Waals surface area contributed by atoms with E-state index in [9.17, 15) is 10.1 Å². The molecule has 0 fully saturated rings. The van der Waals surface area contributed by atoms with E-state index in [2.05, 4.69) is 25.7 Å². The average Bonchev–Trinajstić information content (AvgIpc) is 3.37. The largest absolute Gasteiger partial charge is 0.455 e. The van der Waals surface area contributed by atoms with Gasteiger partial charge in [-0.1, -0.05) is 30.3 Å². The first-order valence-corrected chi connectivity index (χ1v) is 9.32. The van der Waals surface area contributed by atoms with Crippen molar-refractivity contribution >= 4 is 39.9 Å². The number of rotatable bonds is 5. The number of nitro benzene ring substituents is 1. The van der Waals surface area contributed by atoms with Crippen LogP contribution in [0.2, 0.25) is 0 Å². The number of benzene rings is 2. The van der Waals surface area contributed by atoms with Gasteiger partial charge in [0.25, 0.3) is 11.6 Å². The number of nitrogens with zero attached hydrogens (tertiary/aromatic N) is 6. The second-order valence-electron chi connectivity index (χ2n) is 6.73. The number of aromatic nitrogens is 4. The first kappa shape index (κ1) is 18.4. The van der Waals surface area contributed by atoms with Gasteiger partial charge in [-0.25, -0.2) is 5.43 Å². The lowest BCUT2D eigenvalue weighted by atomic mass is 10.1. The van der Waals surface area contributed by atoms with Gasteiger partial charge in [-0.3, -0.25) is 10.1 Å². The Bertz CT molecular complexity index is 1470. The maximum atomic E-state index is 11.2. The van der Waals surface area contributed by atoms with Gasteiger partial charge in [0, 0.05) is 18.5 Å². The van der Waals surface area contributed by atoms with Crippen LogP contribution in [0.25, 0.3) is 33.4 Å². The van der Waals surface area contributed by atoms with Crippen LogP contribution in [0.1, 0.15) is 5.76 Å². The van der Waals surface area contributed by atoms with E-state index >= 15 is 0 Å². The Morgan fingerprint density at radius 3 is 2.77 bits per heavy atom. The standard InChI is InChI=1S/C21H15N7O3/c1-27-16-8-4-3-7-15(16)19-20(27)23-21(26-24-19)25-22-12-13-10-11-18(31-13)14-6-2-5-9-17(14)28(29)30/h2-12H,1H3,(H,23,25,26)/b22-12-. The van der Waals surface area contributed by atoms with Crippen LogP contribution in [0.15, 0.2) is 70.2 Å². The van der Waals surface area contributed by atoms with E-state index in [1.807, 2.05) is 35.9 Å². The summed E-state index contributed by atoms with van der Waals surface area (Å²) in [6, 6.07) is 17.6. The smallest absolute Gasteiger partial charge is 0.280 e. The van der Waals surface area contributed by atoms with Crippen LogP contribution in [0.4, 0.5) is 11.6 Å². The van der Waals surface area contributed by atoms with Crippen molar-refractivity contribution in [3.8, 4) is 11.3 Å². The highest BCUT2D eigenvalue weighted by molar-refractivity contribution is 6.04. The van der Waals surface area contributed by atoms with E-state index in [0.717, 1.165) is 10.9 Å². The Balaban J connectivity index is 1.38. The van der Waals surface area contributed by atoms with E-state index in [0.29, 0.717) is 28.2 Å². The van der Waals surface area contributed by atoms with Gasteiger partial charge in [-0.2, -0.15) is 10.1 Å². The molecule has 1 N–H and O–H groups in total. The normalized spacial score (nSPS) is 11.5. The fraction of sp³-hybridized carbons (Fsp3) is 0.0476. The van der Waals surface area contributed by atoms with Crippen molar-refractivity contribution < 1.29 is 9.34 Å². The zero-order chi connectivity index (χ0) is 21.4. The number of hydrogen-bond donors (Lipinski definition) is 1. The highest BCUT2D eigenvalue weighted by Crippen LogP contribution is 2.30. The Hall–Kier alpha value is -4.60. The van der Waals surface area contributed by atoms with Gasteiger partial charge >= 0.3 is 0 Å². The third-order valence-corrected chi connectivity index (χ3v) is 4.86. The summed E-state index contributed by atoms with van der Waals surface area (Å²) in [4.78, 5) is 15.3. The Morgan fingerprint density at radius 2 is 1.90 bits per heavy atom. The van der Waals surface area contributed by atoms with Crippen molar-refractivity contribution in [1.82, 2.24) is 19.7 Å². The van der Waals surface area contributed by atoms with Gasteiger partial charge in [0.2, 0.25) is 0 Å². The van der Waals surface area contributed by atoms with Gasteiger partial charge in [0.15, 0.2) is 5.65 Å². The maximum absolute atomic E-state index is 11.2. The van der Waals surface area contributed by atoms with Crippen molar-refractivity contribution in [2.24, 2.45) is 12.1 Å². The van der Waals surface area contributed by atoms with Gasteiger partial charge in [0.1, 0.15) is 17.0 Å². The number of nitro groups is 1. The van der Waals surface area contributed by atoms with Crippen molar-refractivity contribution in [3.05, 3.63) is 76.5 Å². The first-order valence-electron chi connectivity index (χ1n) is 9.32. The second kappa shape index (κ2) is 7.34. The molecule has 10 heteroatoms. The zero-order valence-electron chi connectivity index (χ0n) is 16.3. The summed E-state index contributed by atoms with van der Waals surface area (Å²) in [5, 5.41) is 24.6. The molecular weight excluding hydrogens is 398 g/mol. The summed E-state index contributed by atoms with van der Waals surface area (Å²) in [6.07, 6.45) is 1.44. The highest BCUT2D eigenvalue weighted by atomic mass is 16.6. The number of aryl methyl sites for hydroxylation is 1. The molecule has 0 amide bonds. The lowest BCUT2D eigenvalue weighted by molar-refractivity contribution is -0.384. The van der Waals surface area contributed by atoms with Gasteiger partial charge < -0.3 is 8.98 Å². The number of anilines is 1. The number of hydrogen-bond acceptors (Lipinski definition) is 8. The van der Waals surface area contributed by atoms with Crippen LogP contribution in [-0.2, 0) is 7.05 Å². The van der Waals surface area contributed by atoms with Crippen LogP contribution in [0.5, 0.6) is 0 Å². The predicted octanol–water partition coefficient (Wildman–Crippen LogP) is 4.13. The Labute approximate surface area is 175 Å². The van der Waals surface area contributed by atoms with Crippen LogP contribution < -0.4 is 5.43 Å². The van der Waals surface area contributed by atoms with Gasteiger partial charge in [0.05, 0.1) is 22.2 Å². The topological polar surface area (TPSA) is 124 Å². The number of furan rings is 1. The van der Waals surface area contributed by atoms with Gasteiger partial charge in [-0.15, -0.1) is 10.2 Å². The number of fused-ring (bicyclic) bond motifs is 3. The molecule has 0 aliphatic carbocycles. The third-order valence-electron chi connectivity index (χ3n) is 4.86. The number of para-hydroxylation sites is 2. The van der Waals surface area contributed by atoms with Crippen LogP contribution in [-0.4, -0.2) is 30.9 Å². The van der Waals surface area contributed by atoms with Crippen molar-refractivity contribution in [3.63, 3.8) is 0 Å². The summed E-state index contributed by atoms with van der Waals surface area (Å²) >= 11 is 0. The molecule has 0 spiro atoms. The van der Waals surface area contributed by atoms with Crippen LogP contribution in [0.3, 0.4) is 0 Å². The van der Waals surface area contributed by atoms with Crippen LogP contribution >= 0.6 is 0 Å². The average molecular weight is 413 g/mol. The molecule has 152 valence electrons. The molecule has 5 aromatic rings. The monoisotopic (exact) mass is 413 g/mol. The summed E-state index contributed by atoms with van der Waals surface area (Å²) in [6.45, 7) is 0. The molecule has 0 unspecified atom stereocenters. The molecule has 0 atom stereocenters. The lowest BCUT2D eigenvalue weighted by Crippen LogP contribution is -2.00. The SMILES string of the molecule is Cn1c2ccccc2c2nnc(N/N=C\c3ccc(-c4ccccc4[N+](=O)[O-])o3)nc21. The maximum Gasteiger partial charge on any atom is 0.280 e. The van der Waals surface area contributed by atoms with Crippen molar-refractivity contribution in [1.29, 1.82) is 0 Å². The van der Waals surface area contributed by atoms with Crippen LogP contribution in [0, 0.1) is 10.1 Å². The minimum absolute atomic E-state index is 0.0267. The minimum atomic E-state index is -0.444. The minimum Gasteiger partial charge on any atom is -0.455 e. The van der Waals surface area contributed by atoms with Crippen molar-refractivity contribution in [2.75, 3.05) is 5.43 Å². The van der Waals surface area contributed by atoms with E-state index in [1.165, 1.54) is 12.3 Å². The Kier molecular flexibility index (Phi) is 4.36. The summed E-state index contributed by atoms with van der Waals surface area (Å²) in [5.41, 5.74) is 5.52. The van der Waals surface area contributed by atoms with Crippen molar-refractivity contribution in [2.45, 2.75) is 0 Å². The Morgan fingerprint density at radius 1 is 1.10 bits per heavy atom. The molecule has 3 aromatic heterocycles. The molecule has 5 rings (SSSR count). The van der Waals surface area contributed by atoms with E-state index in [-0.39, 0.29) is 11.6 Å². The molecule has 31 heavy (non-hydrogen) atoms. The third kappa shape index (κ3) is 3.25. The highest BCUT2D eigenvalue weighted by Gasteiger charge is 2.17. The molecule has 3 heterocycles. The van der Waals surface area contributed by atoms with E-state index < -0.39 is 4.92 Å².